The molecule has 1 aromatic heterocycles. The Balaban J connectivity index is 2.28. The minimum atomic E-state index is -3.73. The summed E-state index contributed by atoms with van der Waals surface area (Å²) in [4.78, 5) is 11.5. The zero-order chi connectivity index (χ0) is 14.9. The van der Waals surface area contributed by atoms with Crippen LogP contribution in [0.4, 0.5) is 0 Å². The highest BCUT2D eigenvalue weighted by Gasteiger charge is 2.32. The number of methoxy groups -OCH3 is 1. The molecule has 1 fully saturated rings. The summed E-state index contributed by atoms with van der Waals surface area (Å²) in [7, 11) is -2.49. The van der Waals surface area contributed by atoms with Crippen molar-refractivity contribution in [3.8, 4) is 0 Å². The minimum Gasteiger partial charge on any atom is -0.465 e. The van der Waals surface area contributed by atoms with Crippen molar-refractivity contribution in [1.82, 2.24) is 4.31 Å². The Morgan fingerprint density at radius 3 is 2.60 bits per heavy atom. The fourth-order valence-electron chi connectivity index (χ4n) is 2.14. The number of hydrogen-bond donors (Lipinski definition) is 1. The van der Waals surface area contributed by atoms with Gasteiger partial charge in [-0.1, -0.05) is 0 Å². The molecule has 2 heterocycles. The second-order valence-corrected chi connectivity index (χ2v) is 6.64. The van der Waals surface area contributed by atoms with Crippen molar-refractivity contribution < 1.29 is 22.4 Å². The van der Waals surface area contributed by atoms with Crippen LogP contribution in [0.3, 0.4) is 0 Å². The third-order valence-electron chi connectivity index (χ3n) is 3.39. The molecule has 1 aromatic rings. The molecule has 20 heavy (non-hydrogen) atoms. The Bertz CT molecular complexity index is 599. The monoisotopic (exact) mass is 302 g/mol. The Hall–Kier alpha value is -1.38. The minimum absolute atomic E-state index is 0.0328. The van der Waals surface area contributed by atoms with Crippen molar-refractivity contribution in [3.05, 3.63) is 17.4 Å². The first-order valence-corrected chi connectivity index (χ1v) is 7.74. The third-order valence-corrected chi connectivity index (χ3v) is 5.15. The lowest BCUT2D eigenvalue weighted by Crippen LogP contribution is -2.42. The molecule has 0 aliphatic carbocycles. The molecule has 0 aromatic carbocycles. The molecule has 0 unspecified atom stereocenters. The molecule has 0 radical (unpaired) electrons. The summed E-state index contributed by atoms with van der Waals surface area (Å²) >= 11 is 0. The van der Waals surface area contributed by atoms with Gasteiger partial charge in [-0.2, -0.15) is 4.31 Å². The molecular weight excluding hydrogens is 284 g/mol. The number of rotatable bonds is 3. The summed E-state index contributed by atoms with van der Waals surface area (Å²) < 4.78 is 35.9. The van der Waals surface area contributed by atoms with Crippen molar-refractivity contribution in [1.29, 1.82) is 0 Å². The lowest BCUT2D eigenvalue weighted by atomic mass is 10.1. The van der Waals surface area contributed by atoms with Crippen LogP contribution in [0.2, 0.25) is 0 Å². The summed E-state index contributed by atoms with van der Waals surface area (Å²) in [6.45, 7) is 2.24. The number of sulfonamides is 1. The van der Waals surface area contributed by atoms with Gasteiger partial charge in [0.2, 0.25) is 5.09 Å². The fourth-order valence-corrected chi connectivity index (χ4v) is 3.58. The molecule has 0 amide bonds. The van der Waals surface area contributed by atoms with Crippen molar-refractivity contribution in [3.63, 3.8) is 0 Å². The van der Waals surface area contributed by atoms with Gasteiger partial charge in [0.15, 0.2) is 0 Å². The van der Waals surface area contributed by atoms with Crippen molar-refractivity contribution in [2.75, 3.05) is 20.2 Å². The third kappa shape index (κ3) is 2.72. The molecule has 7 nitrogen and oxygen atoms in total. The zero-order valence-electron chi connectivity index (χ0n) is 11.5. The van der Waals surface area contributed by atoms with Crippen LogP contribution in [-0.2, 0) is 14.8 Å². The van der Waals surface area contributed by atoms with E-state index in [1.165, 1.54) is 24.4 Å². The van der Waals surface area contributed by atoms with Crippen LogP contribution in [0.15, 0.2) is 15.6 Å². The van der Waals surface area contributed by atoms with Crippen LogP contribution in [0.25, 0.3) is 0 Å². The molecular formula is C12H18N2O5S. The number of furan rings is 1. The molecule has 8 heteroatoms. The maximum Gasteiger partial charge on any atom is 0.341 e. The number of carbonyl (C=O) groups is 1. The molecule has 1 saturated heterocycles. The van der Waals surface area contributed by atoms with E-state index in [0.717, 1.165) is 0 Å². The van der Waals surface area contributed by atoms with Crippen LogP contribution in [0.5, 0.6) is 0 Å². The SMILES string of the molecule is COC(=O)c1cc(S(=O)(=O)N2CCC(N)CC2)oc1C. The number of piperidine rings is 1. The summed E-state index contributed by atoms with van der Waals surface area (Å²) in [5, 5.41) is -0.231. The van der Waals surface area contributed by atoms with Crippen molar-refractivity contribution in [2.45, 2.75) is 30.9 Å². The summed E-state index contributed by atoms with van der Waals surface area (Å²) in [5.41, 5.74) is 5.88. The standard InChI is InChI=1S/C12H18N2O5S/c1-8-10(12(15)18-2)7-11(19-8)20(16,17)14-5-3-9(13)4-6-14/h7,9H,3-6,13H2,1-2H3. The zero-order valence-corrected chi connectivity index (χ0v) is 12.3. The van der Waals surface area contributed by atoms with E-state index in [2.05, 4.69) is 4.74 Å². The van der Waals surface area contributed by atoms with E-state index in [1.807, 2.05) is 0 Å². The molecule has 2 N–H and O–H groups in total. The summed E-state index contributed by atoms with van der Waals surface area (Å²) in [6, 6.07) is 1.25. The van der Waals surface area contributed by atoms with Gasteiger partial charge < -0.3 is 14.9 Å². The van der Waals surface area contributed by atoms with Gasteiger partial charge in [0, 0.05) is 25.2 Å². The first kappa shape index (κ1) is 15.0. The van der Waals surface area contributed by atoms with Gasteiger partial charge in [-0.15, -0.1) is 0 Å². The van der Waals surface area contributed by atoms with Crippen LogP contribution < -0.4 is 5.73 Å². The van der Waals surface area contributed by atoms with E-state index < -0.39 is 16.0 Å². The molecule has 0 spiro atoms. The predicted octanol–water partition coefficient (Wildman–Crippen LogP) is 0.486. The molecule has 0 bridgehead atoms. The van der Waals surface area contributed by atoms with Crippen LogP contribution >= 0.6 is 0 Å². The van der Waals surface area contributed by atoms with E-state index in [0.29, 0.717) is 25.9 Å². The molecule has 112 valence electrons. The van der Waals surface area contributed by atoms with Crippen LogP contribution in [-0.4, -0.2) is 44.9 Å². The summed E-state index contributed by atoms with van der Waals surface area (Å²) in [5.74, 6) is -0.391. The number of carbonyl (C=O) groups excluding carboxylic acids is 1. The first-order valence-electron chi connectivity index (χ1n) is 6.30. The quantitative estimate of drug-likeness (QED) is 0.815. The topological polar surface area (TPSA) is 103 Å². The second kappa shape index (κ2) is 5.55. The predicted molar refractivity (Wildman–Crippen MR) is 70.8 cm³/mol. The second-order valence-electron chi connectivity index (χ2n) is 4.77. The highest BCUT2D eigenvalue weighted by atomic mass is 32.2. The molecule has 0 atom stereocenters. The van der Waals surface area contributed by atoms with E-state index in [-0.39, 0.29) is 22.5 Å². The number of hydrogen-bond acceptors (Lipinski definition) is 6. The molecule has 2 rings (SSSR count). The Labute approximate surface area is 117 Å². The smallest absolute Gasteiger partial charge is 0.341 e. The normalized spacial score (nSPS) is 18.1. The average molecular weight is 302 g/mol. The molecule has 0 saturated carbocycles. The van der Waals surface area contributed by atoms with Crippen LogP contribution in [0, 0.1) is 6.92 Å². The van der Waals surface area contributed by atoms with Gasteiger partial charge in [0.25, 0.3) is 10.0 Å². The lowest BCUT2D eigenvalue weighted by Gasteiger charge is -2.28. The number of nitrogens with zero attached hydrogens (tertiary/aromatic N) is 1. The molecule has 1 aliphatic rings. The lowest BCUT2D eigenvalue weighted by molar-refractivity contribution is 0.0599. The van der Waals surface area contributed by atoms with Gasteiger partial charge in [-0.3, -0.25) is 0 Å². The fraction of sp³-hybridized carbons (Fsp3) is 0.583. The number of aryl methyl sites for hydroxylation is 1. The van der Waals surface area contributed by atoms with Gasteiger partial charge in [-0.05, 0) is 19.8 Å². The molecule has 1 aliphatic heterocycles. The highest BCUT2D eigenvalue weighted by molar-refractivity contribution is 7.89. The largest absolute Gasteiger partial charge is 0.465 e. The van der Waals surface area contributed by atoms with Crippen molar-refractivity contribution >= 4 is 16.0 Å². The van der Waals surface area contributed by atoms with Gasteiger partial charge >= 0.3 is 5.97 Å². The van der Waals surface area contributed by atoms with Gasteiger partial charge in [-0.25, -0.2) is 13.2 Å². The summed E-state index contributed by atoms with van der Waals surface area (Å²) in [6.07, 6.45) is 1.23. The Kier molecular flexibility index (Phi) is 4.17. The van der Waals surface area contributed by atoms with Gasteiger partial charge in [0.05, 0.1) is 7.11 Å². The number of esters is 1. The maximum atomic E-state index is 12.4. The number of ether oxygens (including phenoxy) is 1. The highest BCUT2D eigenvalue weighted by Crippen LogP contribution is 2.25. The Morgan fingerprint density at radius 2 is 2.05 bits per heavy atom. The number of nitrogens with two attached hydrogens (primary N) is 1. The van der Waals surface area contributed by atoms with Crippen molar-refractivity contribution in [2.24, 2.45) is 5.73 Å². The van der Waals surface area contributed by atoms with E-state index in [9.17, 15) is 13.2 Å². The van der Waals surface area contributed by atoms with E-state index >= 15 is 0 Å². The average Bonchev–Trinajstić information content (AvgIpc) is 2.81. The van der Waals surface area contributed by atoms with E-state index in [1.54, 1.807) is 0 Å². The first-order chi connectivity index (χ1) is 9.36. The maximum absolute atomic E-state index is 12.4. The van der Waals surface area contributed by atoms with Gasteiger partial charge in [0.1, 0.15) is 11.3 Å². The Morgan fingerprint density at radius 1 is 1.45 bits per heavy atom. The van der Waals surface area contributed by atoms with Crippen LogP contribution in [0.1, 0.15) is 29.0 Å². The van der Waals surface area contributed by atoms with E-state index in [4.69, 9.17) is 10.2 Å².